The first-order chi connectivity index (χ1) is 11.7. The number of nitrogens with zero attached hydrogens (tertiary/aromatic N) is 2. The summed E-state index contributed by atoms with van der Waals surface area (Å²) in [6, 6.07) is 11.3. The molecule has 24 heavy (non-hydrogen) atoms. The fraction of sp³-hybridized carbons (Fsp3) is 0.333. The number of carbonyl (C=O) groups excluding carboxylic acids is 1. The minimum Gasteiger partial charge on any atom is -0.493 e. The molecule has 1 atom stereocenters. The quantitative estimate of drug-likeness (QED) is 0.911. The van der Waals surface area contributed by atoms with Crippen molar-refractivity contribution in [2.24, 2.45) is 5.73 Å². The lowest BCUT2D eigenvalue weighted by molar-refractivity contribution is 0.0995. The Kier molecular flexibility index (Phi) is 4.84. The van der Waals surface area contributed by atoms with Gasteiger partial charge >= 0.3 is 0 Å². The molecule has 6 nitrogen and oxygen atoms in total. The molecular weight excluding hydrogens is 306 g/mol. The number of anilines is 1. The third kappa shape index (κ3) is 3.59. The smallest absolute Gasteiger partial charge is 0.267 e. The molecular formula is C18H21N3O3. The van der Waals surface area contributed by atoms with E-state index in [1.165, 1.54) is 0 Å². The van der Waals surface area contributed by atoms with Crippen molar-refractivity contribution < 1.29 is 14.3 Å². The summed E-state index contributed by atoms with van der Waals surface area (Å²) < 4.78 is 11.5. The van der Waals surface area contributed by atoms with Crippen molar-refractivity contribution in [1.29, 1.82) is 0 Å². The molecule has 0 aliphatic carbocycles. The van der Waals surface area contributed by atoms with Crippen LogP contribution in [0.3, 0.4) is 0 Å². The van der Waals surface area contributed by atoms with Crippen molar-refractivity contribution in [3.8, 4) is 11.5 Å². The maximum atomic E-state index is 11.3. The molecule has 1 aromatic heterocycles. The van der Waals surface area contributed by atoms with Crippen LogP contribution < -0.4 is 20.1 Å². The Bertz CT molecular complexity index is 720. The predicted molar refractivity (Wildman–Crippen MR) is 91.6 cm³/mol. The highest BCUT2D eigenvalue weighted by Gasteiger charge is 2.23. The molecule has 2 N–H and O–H groups in total. The van der Waals surface area contributed by atoms with Crippen molar-refractivity contribution in [2.75, 3.05) is 25.1 Å². The monoisotopic (exact) mass is 327 g/mol. The van der Waals surface area contributed by atoms with E-state index >= 15 is 0 Å². The number of methoxy groups -OCH3 is 1. The second-order valence-electron chi connectivity index (χ2n) is 5.74. The van der Waals surface area contributed by atoms with Crippen LogP contribution in [-0.4, -0.2) is 37.2 Å². The zero-order valence-electron chi connectivity index (χ0n) is 13.6. The summed E-state index contributed by atoms with van der Waals surface area (Å²) >= 11 is 0. The van der Waals surface area contributed by atoms with E-state index in [1.807, 2.05) is 30.3 Å². The summed E-state index contributed by atoms with van der Waals surface area (Å²) in [7, 11) is 1.64. The molecule has 0 saturated carbocycles. The second kappa shape index (κ2) is 7.21. The van der Waals surface area contributed by atoms with Crippen LogP contribution >= 0.6 is 0 Å². The number of benzene rings is 1. The average molecular weight is 327 g/mol. The van der Waals surface area contributed by atoms with Crippen molar-refractivity contribution in [3.63, 3.8) is 0 Å². The third-order valence-corrected chi connectivity index (χ3v) is 4.10. The molecule has 3 rings (SSSR count). The van der Waals surface area contributed by atoms with Gasteiger partial charge in [0.25, 0.3) is 5.91 Å². The minimum absolute atomic E-state index is 0.0558. The number of para-hydroxylation sites is 2. The SMILES string of the molecule is COc1ccccc1OC1CCCN(c2ccnc(C(N)=O)c2)C1. The molecule has 0 spiro atoms. The van der Waals surface area contributed by atoms with Crippen molar-refractivity contribution >= 4 is 11.6 Å². The largest absolute Gasteiger partial charge is 0.493 e. The minimum atomic E-state index is -0.518. The normalized spacial score (nSPS) is 17.4. The van der Waals surface area contributed by atoms with Gasteiger partial charge in [-0.1, -0.05) is 12.1 Å². The standard InChI is InChI=1S/C18H21N3O3/c1-23-16-6-2-3-7-17(16)24-14-5-4-10-21(12-14)13-8-9-20-15(11-13)18(19)22/h2-3,6-9,11,14H,4-5,10,12H2,1H3,(H2,19,22). The van der Waals surface area contributed by atoms with Gasteiger partial charge in [0.2, 0.25) is 0 Å². The zero-order valence-corrected chi connectivity index (χ0v) is 13.6. The number of pyridine rings is 1. The number of carbonyl (C=O) groups is 1. The van der Waals surface area contributed by atoms with Gasteiger partial charge in [-0.3, -0.25) is 9.78 Å². The lowest BCUT2D eigenvalue weighted by Gasteiger charge is -2.34. The Labute approximate surface area is 141 Å². The Morgan fingerprint density at radius 3 is 2.83 bits per heavy atom. The first-order valence-corrected chi connectivity index (χ1v) is 7.98. The Morgan fingerprint density at radius 2 is 2.08 bits per heavy atom. The van der Waals surface area contributed by atoms with E-state index in [2.05, 4.69) is 9.88 Å². The number of primary amides is 1. The molecule has 1 amide bonds. The van der Waals surface area contributed by atoms with E-state index in [4.69, 9.17) is 15.2 Å². The number of hydrogen-bond donors (Lipinski definition) is 1. The van der Waals surface area contributed by atoms with Gasteiger partial charge in [0.05, 0.1) is 13.7 Å². The molecule has 1 aliphatic heterocycles. The van der Waals surface area contributed by atoms with Crippen LogP contribution in [0.2, 0.25) is 0 Å². The molecule has 6 heteroatoms. The lowest BCUT2D eigenvalue weighted by atomic mass is 10.1. The molecule has 1 unspecified atom stereocenters. The number of rotatable bonds is 5. The summed E-state index contributed by atoms with van der Waals surface area (Å²) in [6.45, 7) is 1.65. The van der Waals surface area contributed by atoms with Crippen LogP contribution in [-0.2, 0) is 0 Å². The number of aromatic nitrogens is 1. The van der Waals surface area contributed by atoms with Crippen LogP contribution in [0.15, 0.2) is 42.6 Å². The van der Waals surface area contributed by atoms with E-state index < -0.39 is 5.91 Å². The van der Waals surface area contributed by atoms with E-state index in [9.17, 15) is 4.79 Å². The van der Waals surface area contributed by atoms with Crippen LogP contribution in [0.5, 0.6) is 11.5 Å². The summed E-state index contributed by atoms with van der Waals surface area (Å²) in [5.74, 6) is 0.963. The second-order valence-corrected chi connectivity index (χ2v) is 5.74. The number of ether oxygens (including phenoxy) is 2. The van der Waals surface area contributed by atoms with Gasteiger partial charge in [0, 0.05) is 18.4 Å². The first kappa shape index (κ1) is 16.1. The van der Waals surface area contributed by atoms with Crippen LogP contribution in [0, 0.1) is 0 Å². The maximum absolute atomic E-state index is 11.3. The molecule has 0 radical (unpaired) electrons. The van der Waals surface area contributed by atoms with Crippen molar-refractivity contribution in [2.45, 2.75) is 18.9 Å². The van der Waals surface area contributed by atoms with Crippen LogP contribution in [0.1, 0.15) is 23.3 Å². The van der Waals surface area contributed by atoms with Crippen LogP contribution in [0.4, 0.5) is 5.69 Å². The van der Waals surface area contributed by atoms with Gasteiger partial charge in [-0.25, -0.2) is 0 Å². The highest BCUT2D eigenvalue weighted by atomic mass is 16.5. The zero-order chi connectivity index (χ0) is 16.9. The van der Waals surface area contributed by atoms with E-state index in [0.717, 1.165) is 43.1 Å². The van der Waals surface area contributed by atoms with E-state index in [0.29, 0.717) is 0 Å². The molecule has 1 aromatic carbocycles. The number of piperidine rings is 1. The number of hydrogen-bond acceptors (Lipinski definition) is 5. The van der Waals surface area contributed by atoms with Gasteiger partial charge in [0.15, 0.2) is 11.5 Å². The van der Waals surface area contributed by atoms with Crippen molar-refractivity contribution in [3.05, 3.63) is 48.3 Å². The Balaban J connectivity index is 1.72. The van der Waals surface area contributed by atoms with E-state index in [-0.39, 0.29) is 11.8 Å². The Hall–Kier alpha value is -2.76. The molecule has 2 aromatic rings. The third-order valence-electron chi connectivity index (χ3n) is 4.10. The van der Waals surface area contributed by atoms with Crippen molar-refractivity contribution in [1.82, 2.24) is 4.98 Å². The molecule has 1 fully saturated rings. The molecule has 2 heterocycles. The summed E-state index contributed by atoms with van der Waals surface area (Å²) in [4.78, 5) is 17.5. The van der Waals surface area contributed by atoms with Gasteiger partial charge in [-0.15, -0.1) is 0 Å². The molecule has 1 aliphatic rings. The van der Waals surface area contributed by atoms with Gasteiger partial charge < -0.3 is 20.1 Å². The maximum Gasteiger partial charge on any atom is 0.267 e. The van der Waals surface area contributed by atoms with Gasteiger partial charge in [0.1, 0.15) is 11.8 Å². The first-order valence-electron chi connectivity index (χ1n) is 7.98. The van der Waals surface area contributed by atoms with Gasteiger partial charge in [-0.05, 0) is 37.1 Å². The Morgan fingerprint density at radius 1 is 1.29 bits per heavy atom. The summed E-state index contributed by atoms with van der Waals surface area (Å²) in [6.07, 6.45) is 3.65. The summed E-state index contributed by atoms with van der Waals surface area (Å²) in [5.41, 5.74) is 6.53. The topological polar surface area (TPSA) is 77.7 Å². The highest BCUT2D eigenvalue weighted by molar-refractivity contribution is 5.91. The molecule has 126 valence electrons. The van der Waals surface area contributed by atoms with Crippen LogP contribution in [0.25, 0.3) is 0 Å². The fourth-order valence-corrected chi connectivity index (χ4v) is 2.92. The molecule has 1 saturated heterocycles. The highest BCUT2D eigenvalue weighted by Crippen LogP contribution is 2.29. The average Bonchev–Trinajstić information content (AvgIpc) is 2.62. The van der Waals surface area contributed by atoms with E-state index in [1.54, 1.807) is 19.4 Å². The van der Waals surface area contributed by atoms with Gasteiger partial charge in [-0.2, -0.15) is 0 Å². The predicted octanol–water partition coefficient (Wildman–Crippen LogP) is 2.24. The molecule has 0 bridgehead atoms. The fourth-order valence-electron chi connectivity index (χ4n) is 2.92. The summed E-state index contributed by atoms with van der Waals surface area (Å²) in [5, 5.41) is 0. The number of amides is 1. The lowest BCUT2D eigenvalue weighted by Crippen LogP contribution is -2.41. The number of nitrogens with two attached hydrogens (primary N) is 1.